The molecule has 1 aliphatic heterocycles. The number of quaternary nitrogens is 1. The van der Waals surface area contributed by atoms with Crippen LogP contribution in [-0.4, -0.2) is 64.6 Å². The molecule has 0 aromatic rings. The van der Waals surface area contributed by atoms with Crippen molar-refractivity contribution in [2.75, 3.05) is 6.54 Å². The number of carbonyl (C=O) groups excluding carboxylic acids is 5. The molecule has 4 bridgehead atoms. The predicted octanol–water partition coefficient (Wildman–Crippen LogP) is 3.58. The van der Waals surface area contributed by atoms with Crippen molar-refractivity contribution in [2.24, 2.45) is 46.3 Å². The number of Topliss-reactive ketones (excluding diaryl/α,β-unsaturated/α-hetero) is 1. The largest absolute Gasteiger partial charge is 0.379 e. The molecule has 1 saturated heterocycles. The summed E-state index contributed by atoms with van der Waals surface area (Å²) in [5.41, 5.74) is 2.33. The smallest absolute Gasteiger partial charge is 0.344 e. The molecule has 6 N–H and O–H groups in total. The molecular weight excluding hydrogens is 582 g/mol. The molecule has 0 aromatic heterocycles. The zero-order chi connectivity index (χ0) is 33.8. The number of nitrogens with one attached hydrogen (secondary N) is 3. The Kier molecular flexibility index (Phi) is 9.73. The lowest BCUT2D eigenvalue weighted by Crippen LogP contribution is -2.66. The molecule has 0 radical (unpaired) electrons. The van der Waals surface area contributed by atoms with Gasteiger partial charge in [0.1, 0.15) is 18.1 Å². The molecule has 6 rings (SSSR count). The van der Waals surface area contributed by atoms with E-state index in [2.05, 4.69) is 49.4 Å². The van der Waals surface area contributed by atoms with Crippen LogP contribution in [0.4, 0.5) is 4.79 Å². The molecule has 6 aliphatic rings. The third-order valence-corrected chi connectivity index (χ3v) is 12.9. The zero-order valence-electron chi connectivity index (χ0n) is 29.4. The Hall–Kier alpha value is -2.49. The van der Waals surface area contributed by atoms with Crippen molar-refractivity contribution in [3.63, 3.8) is 0 Å². The van der Waals surface area contributed by atoms with Gasteiger partial charge in [0.25, 0.3) is 5.78 Å². The SMILES string of the molecule is CC(C)C(C)(C)C1CC(C(=O)NC(CC2CCC2)C(=O)C([NH3+])=O)N(C(=O)C(NC(=O)NC23CC4CC(CC(C4)C2)C3)C(C)(C)C)C1. The highest BCUT2D eigenvalue weighted by Crippen LogP contribution is 2.55. The summed E-state index contributed by atoms with van der Waals surface area (Å²) in [6.45, 7) is 14.9. The van der Waals surface area contributed by atoms with E-state index < -0.39 is 41.1 Å². The Balaban J connectivity index is 1.36. The third-order valence-electron chi connectivity index (χ3n) is 12.9. The molecule has 46 heavy (non-hydrogen) atoms. The first-order valence-electron chi connectivity index (χ1n) is 18.0. The van der Waals surface area contributed by atoms with E-state index in [0.29, 0.717) is 43.1 Å². The Morgan fingerprint density at radius 1 is 0.870 bits per heavy atom. The molecule has 10 heteroatoms. The Morgan fingerprint density at radius 2 is 1.43 bits per heavy atom. The van der Waals surface area contributed by atoms with Gasteiger partial charge >= 0.3 is 11.9 Å². The second-order valence-corrected chi connectivity index (χ2v) is 17.9. The average Bonchev–Trinajstić information content (AvgIpc) is 3.37. The first kappa shape index (κ1) is 34.8. The minimum atomic E-state index is -0.945. The van der Waals surface area contributed by atoms with Crippen molar-refractivity contribution < 1.29 is 29.7 Å². The van der Waals surface area contributed by atoms with Gasteiger partial charge in [0.05, 0.1) is 0 Å². The van der Waals surface area contributed by atoms with Gasteiger partial charge in [-0.2, -0.15) is 0 Å². The molecule has 258 valence electrons. The summed E-state index contributed by atoms with van der Waals surface area (Å²) in [7, 11) is 0. The van der Waals surface area contributed by atoms with Gasteiger partial charge in [-0.15, -0.1) is 0 Å². The lowest BCUT2D eigenvalue weighted by Gasteiger charge is -2.56. The van der Waals surface area contributed by atoms with Gasteiger partial charge in [-0.1, -0.05) is 67.7 Å². The molecule has 5 saturated carbocycles. The zero-order valence-corrected chi connectivity index (χ0v) is 29.4. The third kappa shape index (κ3) is 7.16. The number of carbonyl (C=O) groups is 5. The fourth-order valence-electron chi connectivity index (χ4n) is 9.58. The first-order valence-corrected chi connectivity index (χ1v) is 18.0. The molecule has 0 aromatic carbocycles. The summed E-state index contributed by atoms with van der Waals surface area (Å²) in [6, 6.07) is -2.93. The van der Waals surface area contributed by atoms with Gasteiger partial charge in [-0.25, -0.2) is 9.59 Å². The van der Waals surface area contributed by atoms with Crippen LogP contribution < -0.4 is 21.7 Å². The Labute approximate surface area is 275 Å². The van der Waals surface area contributed by atoms with Crippen molar-refractivity contribution in [1.82, 2.24) is 20.9 Å². The maximum absolute atomic E-state index is 14.6. The summed E-state index contributed by atoms with van der Waals surface area (Å²) < 4.78 is 0. The van der Waals surface area contributed by atoms with Crippen molar-refractivity contribution in [3.05, 3.63) is 0 Å². The molecule has 0 spiro atoms. The summed E-state index contributed by atoms with van der Waals surface area (Å²) in [6.07, 6.45) is 10.7. The average molecular weight is 643 g/mol. The summed E-state index contributed by atoms with van der Waals surface area (Å²) >= 11 is 0. The maximum atomic E-state index is 14.6. The minimum Gasteiger partial charge on any atom is -0.344 e. The molecule has 6 fully saturated rings. The Morgan fingerprint density at radius 3 is 1.89 bits per heavy atom. The molecule has 5 amide bonds. The highest BCUT2D eigenvalue weighted by Gasteiger charge is 2.53. The fraction of sp³-hybridized carbons (Fsp3) is 0.861. The maximum Gasteiger partial charge on any atom is 0.379 e. The number of hydrogen-bond acceptors (Lipinski definition) is 5. The van der Waals surface area contributed by atoms with E-state index >= 15 is 0 Å². The van der Waals surface area contributed by atoms with Crippen LogP contribution in [0.1, 0.15) is 119 Å². The fourth-order valence-corrected chi connectivity index (χ4v) is 9.58. The quantitative estimate of drug-likeness (QED) is 0.254. The first-order chi connectivity index (χ1) is 21.4. The molecule has 4 atom stereocenters. The summed E-state index contributed by atoms with van der Waals surface area (Å²) in [5.74, 6) is 0.437. The van der Waals surface area contributed by atoms with E-state index in [1.54, 1.807) is 4.90 Å². The number of amides is 5. The van der Waals surface area contributed by atoms with E-state index in [-0.39, 0.29) is 34.7 Å². The van der Waals surface area contributed by atoms with Crippen LogP contribution in [-0.2, 0) is 19.2 Å². The number of ketones is 1. The summed E-state index contributed by atoms with van der Waals surface area (Å²) in [4.78, 5) is 68.9. The predicted molar refractivity (Wildman–Crippen MR) is 175 cm³/mol. The van der Waals surface area contributed by atoms with Crippen LogP contribution in [0.25, 0.3) is 0 Å². The van der Waals surface area contributed by atoms with Crippen LogP contribution in [0.5, 0.6) is 0 Å². The van der Waals surface area contributed by atoms with Gasteiger partial charge in [0.2, 0.25) is 11.8 Å². The van der Waals surface area contributed by atoms with E-state index in [1.807, 2.05) is 20.8 Å². The minimum absolute atomic E-state index is 0.0314. The Bertz CT molecular complexity index is 1180. The molecule has 10 nitrogen and oxygen atoms in total. The lowest BCUT2D eigenvalue weighted by molar-refractivity contribution is -0.300. The molecule has 1 heterocycles. The van der Waals surface area contributed by atoms with Crippen molar-refractivity contribution in [2.45, 2.75) is 143 Å². The van der Waals surface area contributed by atoms with Gasteiger partial charge in [0, 0.05) is 12.1 Å². The van der Waals surface area contributed by atoms with Crippen LogP contribution in [0.3, 0.4) is 0 Å². The highest BCUT2D eigenvalue weighted by atomic mass is 16.2. The topological polar surface area (TPSA) is 152 Å². The van der Waals surface area contributed by atoms with Crippen LogP contribution >= 0.6 is 0 Å². The van der Waals surface area contributed by atoms with Crippen LogP contribution in [0.2, 0.25) is 0 Å². The van der Waals surface area contributed by atoms with Gasteiger partial charge in [-0.3, -0.25) is 20.1 Å². The van der Waals surface area contributed by atoms with E-state index in [1.165, 1.54) is 19.3 Å². The van der Waals surface area contributed by atoms with Gasteiger partial charge in [0.15, 0.2) is 0 Å². The van der Waals surface area contributed by atoms with Crippen molar-refractivity contribution in [1.29, 1.82) is 0 Å². The number of urea groups is 1. The van der Waals surface area contributed by atoms with Crippen LogP contribution in [0, 0.1) is 46.3 Å². The second-order valence-electron chi connectivity index (χ2n) is 17.9. The number of rotatable bonds is 11. The van der Waals surface area contributed by atoms with E-state index in [9.17, 15) is 24.0 Å². The van der Waals surface area contributed by atoms with E-state index in [4.69, 9.17) is 0 Å². The second kappa shape index (κ2) is 12.8. The molecule has 5 aliphatic carbocycles. The summed E-state index contributed by atoms with van der Waals surface area (Å²) in [5, 5.41) is 9.32. The number of hydrogen-bond donors (Lipinski definition) is 4. The molecular formula is C36H60N5O5+. The number of nitrogens with zero attached hydrogens (tertiary/aromatic N) is 1. The van der Waals surface area contributed by atoms with Crippen molar-refractivity contribution >= 4 is 29.5 Å². The van der Waals surface area contributed by atoms with Crippen molar-refractivity contribution in [3.8, 4) is 0 Å². The highest BCUT2D eigenvalue weighted by molar-refractivity contribution is 6.34. The van der Waals surface area contributed by atoms with Crippen LogP contribution in [0.15, 0.2) is 0 Å². The van der Waals surface area contributed by atoms with E-state index in [0.717, 1.165) is 38.5 Å². The lowest BCUT2D eigenvalue weighted by atomic mass is 9.53. The van der Waals surface area contributed by atoms with Gasteiger partial charge in [-0.05, 0) is 97.7 Å². The normalized spacial score (nSPS) is 32.1. The standard InChI is InChI=1S/C36H59N5O5/c1-20(2)35(6,7)25-15-27(31(44)38-26(28(42)30(37)43)14-21-9-8-10-21)41(19-25)32(45)29(34(3,4)5)39-33(46)40-36-16-22-11-23(17-36)13-24(12-22)18-36/h20-27,29H,8-19H2,1-7H3,(H2,37,43)(H,38,44)(H2,39,40,46)/p+1. The monoisotopic (exact) mass is 642 g/mol. The number of likely N-dealkylation sites (tertiary alicyclic amines) is 1. The van der Waals surface area contributed by atoms with Gasteiger partial charge < -0.3 is 20.9 Å². The molecule has 4 unspecified atom stereocenters.